The number of fused-ring (bicyclic) bond motifs is 1. The van der Waals surface area contributed by atoms with Crippen molar-refractivity contribution in [2.45, 2.75) is 44.4 Å². The maximum Gasteiger partial charge on any atom is 0.164 e. The normalized spacial score (nSPS) is 20.5. The summed E-state index contributed by atoms with van der Waals surface area (Å²) < 4.78 is 27.9. The monoisotopic (exact) mass is 551 g/mol. The van der Waals surface area contributed by atoms with Crippen LogP contribution in [0.1, 0.15) is 22.9 Å². The first-order valence-corrected chi connectivity index (χ1v) is 13.6. The molecule has 9 heteroatoms. The van der Waals surface area contributed by atoms with Crippen LogP contribution in [-0.2, 0) is 38.8 Å². The Morgan fingerprint density at radius 2 is 1.29 bits per heavy atom. The molecular weight excluding hydrogens is 518 g/mol. The van der Waals surface area contributed by atoms with Crippen LogP contribution in [0.4, 0.5) is 11.6 Å². The molecule has 1 aliphatic rings. The van der Waals surface area contributed by atoms with Gasteiger partial charge in [-0.15, -0.1) is 0 Å². The van der Waals surface area contributed by atoms with Gasteiger partial charge in [-0.1, -0.05) is 91.0 Å². The molecule has 9 nitrogen and oxygen atoms in total. The minimum Gasteiger partial charge on any atom is -0.384 e. The third-order valence-electron chi connectivity index (χ3n) is 7.13. The van der Waals surface area contributed by atoms with E-state index in [1.807, 2.05) is 95.6 Å². The summed E-state index contributed by atoms with van der Waals surface area (Å²) in [6, 6.07) is 31.9. The maximum atomic E-state index is 6.68. The van der Waals surface area contributed by atoms with E-state index in [9.17, 15) is 0 Å². The third-order valence-corrected chi connectivity index (χ3v) is 7.13. The molecule has 0 unspecified atom stereocenters. The van der Waals surface area contributed by atoms with E-state index < -0.39 is 24.5 Å². The fraction of sp³-hybridized carbons (Fsp3) is 0.250. The van der Waals surface area contributed by atoms with Gasteiger partial charge in [0.2, 0.25) is 0 Å². The van der Waals surface area contributed by atoms with Crippen molar-refractivity contribution in [3.05, 3.63) is 120 Å². The molecule has 3 aromatic carbocycles. The van der Waals surface area contributed by atoms with Crippen LogP contribution in [0.5, 0.6) is 0 Å². The van der Waals surface area contributed by atoms with Crippen LogP contribution in [0.25, 0.3) is 11.0 Å². The standard InChI is InChI=1S/C32H33N5O4/c33-27-16-25-28(31(34)36-27)35-21-37(25)32-30(40-19-24-14-8-3-9-15-24)29(39-18-23-12-6-2-7-13-23)26(41-32)20-38-17-22-10-4-1-5-11-22/h1-16,21,26,29-30,32H,17-20H2,(H4,33,34,36)/t26-,29-,30+,32-/m1/s1. The summed E-state index contributed by atoms with van der Waals surface area (Å²) in [4.78, 5) is 8.68. The van der Waals surface area contributed by atoms with E-state index in [1.54, 1.807) is 12.4 Å². The summed E-state index contributed by atoms with van der Waals surface area (Å²) in [5.41, 5.74) is 16.6. The molecule has 0 radical (unpaired) electrons. The van der Waals surface area contributed by atoms with Gasteiger partial charge >= 0.3 is 0 Å². The number of benzene rings is 3. The van der Waals surface area contributed by atoms with E-state index in [0.29, 0.717) is 43.3 Å². The highest BCUT2D eigenvalue weighted by atomic mass is 16.6. The van der Waals surface area contributed by atoms with Gasteiger partial charge in [0.05, 0.1) is 38.3 Å². The van der Waals surface area contributed by atoms with E-state index in [0.717, 1.165) is 16.7 Å². The van der Waals surface area contributed by atoms with Gasteiger partial charge in [0.25, 0.3) is 0 Å². The molecule has 5 aromatic rings. The molecule has 1 aliphatic heterocycles. The van der Waals surface area contributed by atoms with Gasteiger partial charge in [-0.25, -0.2) is 9.97 Å². The Morgan fingerprint density at radius 3 is 1.90 bits per heavy atom. The van der Waals surface area contributed by atoms with Gasteiger partial charge in [-0.3, -0.25) is 0 Å². The number of pyridine rings is 1. The largest absolute Gasteiger partial charge is 0.384 e. The number of nitrogens with two attached hydrogens (primary N) is 2. The molecule has 2 aromatic heterocycles. The SMILES string of the molecule is Nc1cc2c(ncn2[C@@H]2O[C@H](COCc3ccccc3)[C@@H](OCc3ccccc3)[C@@H]2OCc2ccccc2)c(N)n1. The van der Waals surface area contributed by atoms with Gasteiger partial charge in [0.15, 0.2) is 12.0 Å². The minimum atomic E-state index is -0.573. The minimum absolute atomic E-state index is 0.262. The van der Waals surface area contributed by atoms with Crippen molar-refractivity contribution >= 4 is 22.7 Å². The summed E-state index contributed by atoms with van der Waals surface area (Å²) in [7, 11) is 0. The summed E-state index contributed by atoms with van der Waals surface area (Å²) in [6.07, 6.45) is -0.225. The van der Waals surface area contributed by atoms with E-state index in [1.165, 1.54) is 0 Å². The number of rotatable bonds is 11. The number of hydrogen-bond donors (Lipinski definition) is 2. The van der Waals surface area contributed by atoms with Crippen molar-refractivity contribution in [3.8, 4) is 0 Å². The molecule has 4 atom stereocenters. The van der Waals surface area contributed by atoms with E-state index in [2.05, 4.69) is 9.97 Å². The third kappa shape index (κ3) is 6.23. The second kappa shape index (κ2) is 12.5. The van der Waals surface area contributed by atoms with Crippen LogP contribution in [0.15, 0.2) is 103 Å². The molecule has 3 heterocycles. The average Bonchev–Trinajstić information content (AvgIpc) is 3.57. The molecule has 0 bridgehead atoms. The first-order chi connectivity index (χ1) is 20.2. The van der Waals surface area contributed by atoms with E-state index in [-0.39, 0.29) is 5.82 Å². The predicted molar refractivity (Wildman–Crippen MR) is 156 cm³/mol. The van der Waals surface area contributed by atoms with Gasteiger partial charge in [-0.05, 0) is 16.7 Å². The summed E-state index contributed by atoms with van der Waals surface area (Å²) in [5.74, 6) is 0.564. The summed E-state index contributed by atoms with van der Waals surface area (Å²) >= 11 is 0. The predicted octanol–water partition coefficient (Wildman–Crippen LogP) is 4.88. The zero-order valence-corrected chi connectivity index (χ0v) is 22.6. The van der Waals surface area contributed by atoms with Crippen molar-refractivity contribution in [1.82, 2.24) is 14.5 Å². The van der Waals surface area contributed by atoms with Gasteiger partial charge < -0.3 is 35.0 Å². The first-order valence-electron chi connectivity index (χ1n) is 13.6. The Morgan fingerprint density at radius 1 is 0.732 bits per heavy atom. The molecule has 4 N–H and O–H groups in total. The summed E-state index contributed by atoms with van der Waals surface area (Å²) in [5, 5.41) is 0. The van der Waals surface area contributed by atoms with Crippen LogP contribution in [0.2, 0.25) is 0 Å². The molecule has 0 saturated carbocycles. The van der Waals surface area contributed by atoms with Crippen molar-refractivity contribution in [2.24, 2.45) is 0 Å². The Balaban J connectivity index is 1.31. The lowest BCUT2D eigenvalue weighted by Crippen LogP contribution is -2.38. The van der Waals surface area contributed by atoms with Crippen molar-refractivity contribution in [3.63, 3.8) is 0 Å². The van der Waals surface area contributed by atoms with Crippen molar-refractivity contribution < 1.29 is 18.9 Å². The van der Waals surface area contributed by atoms with Gasteiger partial charge in [0.1, 0.15) is 29.6 Å². The molecule has 0 spiro atoms. The summed E-state index contributed by atoms with van der Waals surface area (Å²) in [6.45, 7) is 1.55. The fourth-order valence-electron chi connectivity index (χ4n) is 5.12. The number of imidazole rings is 1. The zero-order chi connectivity index (χ0) is 28.0. The second-order valence-corrected chi connectivity index (χ2v) is 10.0. The maximum absolute atomic E-state index is 6.68. The average molecular weight is 552 g/mol. The molecule has 41 heavy (non-hydrogen) atoms. The number of nitrogens with zero attached hydrogens (tertiary/aromatic N) is 3. The topological polar surface area (TPSA) is 120 Å². The molecular formula is C32H33N5O4. The highest BCUT2D eigenvalue weighted by Crippen LogP contribution is 2.37. The Bertz CT molecular complexity index is 1550. The molecule has 1 fully saturated rings. The Labute approximate surface area is 238 Å². The lowest BCUT2D eigenvalue weighted by molar-refractivity contribution is -0.0913. The smallest absolute Gasteiger partial charge is 0.164 e. The van der Waals surface area contributed by atoms with Gasteiger partial charge in [-0.2, -0.15) is 0 Å². The second-order valence-electron chi connectivity index (χ2n) is 10.0. The lowest BCUT2D eigenvalue weighted by Gasteiger charge is -2.25. The van der Waals surface area contributed by atoms with E-state index >= 15 is 0 Å². The highest BCUT2D eigenvalue weighted by Gasteiger charge is 2.48. The molecule has 1 saturated heterocycles. The molecule has 0 aliphatic carbocycles. The number of hydrogen-bond acceptors (Lipinski definition) is 8. The van der Waals surface area contributed by atoms with Crippen LogP contribution >= 0.6 is 0 Å². The molecule has 210 valence electrons. The number of anilines is 2. The number of aromatic nitrogens is 3. The Hall–Kier alpha value is -4.28. The Kier molecular flexibility index (Phi) is 8.20. The van der Waals surface area contributed by atoms with Crippen molar-refractivity contribution in [2.75, 3.05) is 18.1 Å². The van der Waals surface area contributed by atoms with E-state index in [4.69, 9.17) is 30.4 Å². The quantitative estimate of drug-likeness (QED) is 0.238. The lowest BCUT2D eigenvalue weighted by atomic mass is 10.1. The van der Waals surface area contributed by atoms with Crippen LogP contribution in [0.3, 0.4) is 0 Å². The van der Waals surface area contributed by atoms with Gasteiger partial charge in [0, 0.05) is 6.07 Å². The van der Waals surface area contributed by atoms with Crippen molar-refractivity contribution in [1.29, 1.82) is 0 Å². The van der Waals surface area contributed by atoms with Crippen LogP contribution < -0.4 is 11.5 Å². The fourth-order valence-corrected chi connectivity index (χ4v) is 5.12. The zero-order valence-electron chi connectivity index (χ0n) is 22.6. The molecule has 0 amide bonds. The highest BCUT2D eigenvalue weighted by molar-refractivity contribution is 5.87. The van der Waals surface area contributed by atoms with Crippen LogP contribution in [-0.4, -0.2) is 39.5 Å². The first kappa shape index (κ1) is 26.9. The number of nitrogen functional groups attached to an aromatic ring is 2. The molecule has 6 rings (SSSR count). The van der Waals surface area contributed by atoms with Crippen LogP contribution in [0, 0.1) is 0 Å². The number of ether oxygens (including phenoxy) is 4.